The van der Waals surface area contributed by atoms with Crippen molar-refractivity contribution in [3.63, 3.8) is 0 Å². The zero-order valence-electron chi connectivity index (χ0n) is 6.05. The van der Waals surface area contributed by atoms with Crippen molar-refractivity contribution in [2.75, 3.05) is 0 Å². The van der Waals surface area contributed by atoms with Crippen LogP contribution in [0, 0.1) is 0 Å². The summed E-state index contributed by atoms with van der Waals surface area (Å²) >= 11 is 3.36. The van der Waals surface area contributed by atoms with E-state index in [4.69, 9.17) is 0 Å². The van der Waals surface area contributed by atoms with Crippen molar-refractivity contribution >= 4 is 34.4 Å². The Morgan fingerprint density at radius 3 is 2.73 bits per heavy atom. The monoisotopic (exact) mass is 209 g/mol. The van der Waals surface area contributed by atoms with Gasteiger partial charge in [0.1, 0.15) is 0 Å². The first kappa shape index (κ1) is 8.21. The molecule has 0 bridgehead atoms. The largest absolute Gasteiger partial charge is 0.264 e. The Kier molecular flexibility index (Phi) is 2.60. The van der Waals surface area contributed by atoms with Crippen LogP contribution in [0.25, 0.3) is 6.08 Å². The van der Waals surface area contributed by atoms with Gasteiger partial charge in [-0.1, -0.05) is 28.6 Å². The van der Waals surface area contributed by atoms with Gasteiger partial charge in [-0.25, -0.2) is 0 Å². The second-order valence-electron chi connectivity index (χ2n) is 2.07. The van der Waals surface area contributed by atoms with Gasteiger partial charge in [-0.3, -0.25) is 4.99 Å². The molecule has 1 nitrogen and oxygen atoms in total. The van der Waals surface area contributed by atoms with Crippen LogP contribution < -0.4 is 0 Å². The molecule has 0 unspecified atom stereocenters. The minimum absolute atomic E-state index is 0.864. The Labute approximate surface area is 74.6 Å². The van der Waals surface area contributed by atoms with Gasteiger partial charge in [0.2, 0.25) is 0 Å². The summed E-state index contributed by atoms with van der Waals surface area (Å²) in [6.45, 7) is 7.13. The van der Waals surface area contributed by atoms with Gasteiger partial charge in [0.25, 0.3) is 0 Å². The highest BCUT2D eigenvalue weighted by Crippen LogP contribution is 2.23. The van der Waals surface area contributed by atoms with Crippen LogP contribution in [0.3, 0.4) is 0 Å². The molecule has 56 valence electrons. The molecule has 0 amide bonds. The first-order valence-corrected chi connectivity index (χ1v) is 3.96. The molecule has 0 fully saturated rings. The predicted molar refractivity (Wildman–Crippen MR) is 53.4 cm³/mol. The zero-order valence-corrected chi connectivity index (χ0v) is 7.63. The van der Waals surface area contributed by atoms with E-state index in [0.717, 1.165) is 15.7 Å². The van der Waals surface area contributed by atoms with E-state index in [-0.39, 0.29) is 0 Å². The van der Waals surface area contributed by atoms with Crippen LogP contribution in [-0.2, 0) is 0 Å². The summed E-state index contributed by atoms with van der Waals surface area (Å²) < 4.78 is 1.03. The van der Waals surface area contributed by atoms with Crippen LogP contribution in [0.5, 0.6) is 0 Å². The SMILES string of the molecule is C=Cc1cc(Br)ccc1N=C. The number of benzene rings is 1. The van der Waals surface area contributed by atoms with Crippen molar-refractivity contribution in [3.8, 4) is 0 Å². The third-order valence-corrected chi connectivity index (χ3v) is 1.87. The van der Waals surface area contributed by atoms with Gasteiger partial charge in [-0.15, -0.1) is 0 Å². The van der Waals surface area contributed by atoms with Gasteiger partial charge in [0.05, 0.1) is 5.69 Å². The number of aliphatic imine (C=N–C) groups is 1. The smallest absolute Gasteiger partial charge is 0.0695 e. The molecule has 11 heavy (non-hydrogen) atoms. The number of halogens is 1. The molecular formula is C9H8BrN. The average molecular weight is 210 g/mol. The Morgan fingerprint density at radius 1 is 1.45 bits per heavy atom. The topological polar surface area (TPSA) is 12.4 Å². The molecule has 0 aliphatic carbocycles. The minimum atomic E-state index is 0.864. The highest BCUT2D eigenvalue weighted by Gasteiger charge is 1.95. The molecule has 0 radical (unpaired) electrons. The van der Waals surface area contributed by atoms with Crippen LogP contribution in [-0.4, -0.2) is 6.72 Å². The zero-order chi connectivity index (χ0) is 8.27. The number of nitrogens with zero attached hydrogens (tertiary/aromatic N) is 1. The summed E-state index contributed by atoms with van der Waals surface area (Å²) in [5.41, 5.74) is 1.86. The van der Waals surface area contributed by atoms with E-state index in [0.29, 0.717) is 0 Å². The molecule has 0 aliphatic rings. The predicted octanol–water partition coefficient (Wildman–Crippen LogP) is 3.42. The van der Waals surface area contributed by atoms with Crippen LogP contribution in [0.15, 0.2) is 34.2 Å². The lowest BCUT2D eigenvalue weighted by Gasteiger charge is -1.98. The Hall–Kier alpha value is -0.890. The summed E-state index contributed by atoms with van der Waals surface area (Å²) in [4.78, 5) is 3.84. The van der Waals surface area contributed by atoms with Crippen molar-refractivity contribution in [1.82, 2.24) is 0 Å². The number of rotatable bonds is 2. The van der Waals surface area contributed by atoms with Gasteiger partial charge < -0.3 is 0 Å². The van der Waals surface area contributed by atoms with E-state index in [1.165, 1.54) is 0 Å². The second-order valence-corrected chi connectivity index (χ2v) is 2.98. The fourth-order valence-corrected chi connectivity index (χ4v) is 1.21. The molecule has 2 heteroatoms. The molecule has 0 aliphatic heterocycles. The van der Waals surface area contributed by atoms with E-state index < -0.39 is 0 Å². The normalized spacial score (nSPS) is 9.18. The average Bonchev–Trinajstić information content (AvgIpc) is 2.04. The standard InChI is InChI=1S/C9H8BrN/c1-3-7-6-8(10)4-5-9(7)11-2/h3-6H,1-2H2. The van der Waals surface area contributed by atoms with E-state index in [1.54, 1.807) is 6.08 Å². The molecule has 0 N–H and O–H groups in total. The van der Waals surface area contributed by atoms with Gasteiger partial charge in [0, 0.05) is 10.0 Å². The Bertz CT molecular complexity index is 292. The molecule has 0 aromatic heterocycles. The van der Waals surface area contributed by atoms with Gasteiger partial charge in [0.15, 0.2) is 0 Å². The Balaban J connectivity index is 3.26. The van der Waals surface area contributed by atoms with Crippen LogP contribution in [0.4, 0.5) is 5.69 Å². The number of hydrogen-bond donors (Lipinski definition) is 0. The third kappa shape index (κ3) is 1.77. The first-order chi connectivity index (χ1) is 5.27. The lowest BCUT2D eigenvalue weighted by atomic mass is 10.2. The minimum Gasteiger partial charge on any atom is -0.264 e. The molecule has 0 spiro atoms. The van der Waals surface area contributed by atoms with Crippen molar-refractivity contribution in [2.24, 2.45) is 4.99 Å². The van der Waals surface area contributed by atoms with Gasteiger partial charge in [-0.05, 0) is 24.9 Å². The highest BCUT2D eigenvalue weighted by atomic mass is 79.9. The molecule has 0 saturated carbocycles. The molecule has 1 aromatic carbocycles. The van der Waals surface area contributed by atoms with Crippen molar-refractivity contribution in [2.45, 2.75) is 0 Å². The first-order valence-electron chi connectivity index (χ1n) is 3.16. The summed E-state index contributed by atoms with van der Waals surface area (Å²) in [5.74, 6) is 0. The summed E-state index contributed by atoms with van der Waals surface area (Å²) in [5, 5.41) is 0. The lowest BCUT2D eigenvalue weighted by Crippen LogP contribution is -1.73. The van der Waals surface area contributed by atoms with E-state index in [1.807, 2.05) is 18.2 Å². The van der Waals surface area contributed by atoms with Crippen molar-refractivity contribution < 1.29 is 0 Å². The molecule has 0 saturated heterocycles. The quantitative estimate of drug-likeness (QED) is 0.663. The van der Waals surface area contributed by atoms with Crippen molar-refractivity contribution in [3.05, 3.63) is 34.8 Å². The van der Waals surface area contributed by atoms with Crippen molar-refractivity contribution in [1.29, 1.82) is 0 Å². The molecular weight excluding hydrogens is 202 g/mol. The highest BCUT2D eigenvalue weighted by molar-refractivity contribution is 9.10. The van der Waals surface area contributed by atoms with E-state index in [2.05, 4.69) is 34.2 Å². The van der Waals surface area contributed by atoms with E-state index >= 15 is 0 Å². The third-order valence-electron chi connectivity index (χ3n) is 1.38. The maximum Gasteiger partial charge on any atom is 0.0695 e. The van der Waals surface area contributed by atoms with Crippen LogP contribution >= 0.6 is 15.9 Å². The molecule has 1 aromatic rings. The Morgan fingerprint density at radius 2 is 2.18 bits per heavy atom. The summed E-state index contributed by atoms with van der Waals surface area (Å²) in [6, 6.07) is 5.78. The second kappa shape index (κ2) is 3.49. The summed E-state index contributed by atoms with van der Waals surface area (Å²) in [7, 11) is 0. The maximum absolute atomic E-state index is 3.84. The van der Waals surface area contributed by atoms with E-state index in [9.17, 15) is 0 Å². The fourth-order valence-electron chi connectivity index (χ4n) is 0.833. The molecule has 0 atom stereocenters. The molecule has 1 rings (SSSR count). The number of hydrogen-bond acceptors (Lipinski definition) is 1. The maximum atomic E-state index is 3.84. The molecule has 0 heterocycles. The summed E-state index contributed by atoms with van der Waals surface area (Å²) in [6.07, 6.45) is 1.76. The van der Waals surface area contributed by atoms with Gasteiger partial charge >= 0.3 is 0 Å². The van der Waals surface area contributed by atoms with Crippen LogP contribution in [0.1, 0.15) is 5.56 Å². The lowest BCUT2D eigenvalue weighted by molar-refractivity contribution is 1.51. The fraction of sp³-hybridized carbons (Fsp3) is 0. The van der Waals surface area contributed by atoms with Crippen LogP contribution in [0.2, 0.25) is 0 Å². The van der Waals surface area contributed by atoms with Gasteiger partial charge in [-0.2, -0.15) is 0 Å².